The fraction of sp³-hybridized carbons (Fsp3) is 0.688. The molecule has 0 radical (unpaired) electrons. The summed E-state index contributed by atoms with van der Waals surface area (Å²) in [6, 6.07) is 3.44. The molecular weight excluding hydrogens is 348 g/mol. The molecule has 1 aliphatic heterocycles. The van der Waals surface area contributed by atoms with Crippen LogP contribution in [0.15, 0.2) is 21.2 Å². The topological polar surface area (TPSA) is 54.7 Å². The second-order valence-electron chi connectivity index (χ2n) is 6.17. The minimum absolute atomic E-state index is 0.0848. The molecule has 122 valence electrons. The van der Waals surface area contributed by atoms with Gasteiger partial charge in [0, 0.05) is 25.2 Å². The van der Waals surface area contributed by atoms with Crippen LogP contribution >= 0.6 is 15.9 Å². The lowest BCUT2D eigenvalue weighted by Gasteiger charge is -2.48. The number of rotatable bonds is 4. The Morgan fingerprint density at radius 1 is 1.23 bits per heavy atom. The number of carbonyl (C=O) groups excluding carboxylic acids is 1. The van der Waals surface area contributed by atoms with Crippen LogP contribution in [-0.4, -0.2) is 49.2 Å². The summed E-state index contributed by atoms with van der Waals surface area (Å²) in [4.78, 5) is 14.8. The average Bonchev–Trinajstić information content (AvgIpc) is 3.01. The molecule has 2 fully saturated rings. The fourth-order valence-electron chi connectivity index (χ4n) is 3.62. The van der Waals surface area contributed by atoms with Crippen LogP contribution in [0.5, 0.6) is 0 Å². The van der Waals surface area contributed by atoms with Crippen molar-refractivity contribution in [2.45, 2.75) is 37.6 Å². The zero-order valence-electron chi connectivity index (χ0n) is 12.8. The predicted molar refractivity (Wildman–Crippen MR) is 86.9 cm³/mol. The van der Waals surface area contributed by atoms with Gasteiger partial charge in [-0.1, -0.05) is 19.3 Å². The van der Waals surface area contributed by atoms with Crippen LogP contribution in [0.1, 0.15) is 42.7 Å². The highest BCUT2D eigenvalue weighted by Crippen LogP contribution is 2.34. The molecule has 5 nitrogen and oxygen atoms in total. The fourth-order valence-corrected chi connectivity index (χ4v) is 3.93. The molecule has 2 aliphatic rings. The van der Waals surface area contributed by atoms with Gasteiger partial charge < -0.3 is 14.5 Å². The quantitative estimate of drug-likeness (QED) is 0.885. The highest BCUT2D eigenvalue weighted by molar-refractivity contribution is 9.10. The zero-order chi connectivity index (χ0) is 15.4. The first-order valence-electron chi connectivity index (χ1n) is 8.06. The standard InChI is InChI=1S/C16H23BrN2O3/c17-14-5-4-13(22-14)15(20)18-12-16(6-2-1-3-7-16)19-8-10-21-11-9-19/h4-5H,1-3,6-12H2,(H,18,20). The van der Waals surface area contributed by atoms with Crippen molar-refractivity contribution in [1.82, 2.24) is 10.2 Å². The van der Waals surface area contributed by atoms with E-state index in [0.29, 0.717) is 17.0 Å². The molecule has 0 atom stereocenters. The van der Waals surface area contributed by atoms with Crippen LogP contribution in [0.25, 0.3) is 0 Å². The minimum Gasteiger partial charge on any atom is -0.444 e. The molecule has 1 saturated heterocycles. The van der Waals surface area contributed by atoms with E-state index in [4.69, 9.17) is 9.15 Å². The van der Waals surface area contributed by atoms with Gasteiger partial charge in [0.05, 0.1) is 13.2 Å². The minimum atomic E-state index is -0.135. The van der Waals surface area contributed by atoms with Gasteiger partial charge in [-0.05, 0) is 40.9 Å². The molecule has 1 aromatic heterocycles. The van der Waals surface area contributed by atoms with Crippen molar-refractivity contribution in [3.63, 3.8) is 0 Å². The number of hydrogen-bond acceptors (Lipinski definition) is 4. The third kappa shape index (κ3) is 3.55. The Kier molecular flexibility index (Phi) is 5.21. The third-order valence-electron chi connectivity index (χ3n) is 4.84. The largest absolute Gasteiger partial charge is 0.444 e. The molecule has 1 N–H and O–H groups in total. The number of nitrogens with zero attached hydrogens (tertiary/aromatic N) is 1. The summed E-state index contributed by atoms with van der Waals surface area (Å²) in [5, 5.41) is 3.08. The van der Waals surface area contributed by atoms with E-state index in [9.17, 15) is 4.79 Å². The van der Waals surface area contributed by atoms with Crippen molar-refractivity contribution < 1.29 is 13.9 Å². The molecule has 3 rings (SSSR count). The van der Waals surface area contributed by atoms with E-state index in [2.05, 4.69) is 26.1 Å². The number of nitrogens with one attached hydrogen (secondary N) is 1. The lowest BCUT2D eigenvalue weighted by Crippen LogP contribution is -2.59. The summed E-state index contributed by atoms with van der Waals surface area (Å²) < 4.78 is 11.4. The second kappa shape index (κ2) is 7.15. The summed E-state index contributed by atoms with van der Waals surface area (Å²) in [5.41, 5.74) is 0.0848. The molecule has 1 saturated carbocycles. The van der Waals surface area contributed by atoms with E-state index in [1.54, 1.807) is 12.1 Å². The summed E-state index contributed by atoms with van der Waals surface area (Å²) in [6.45, 7) is 4.19. The maximum absolute atomic E-state index is 12.3. The molecule has 0 spiro atoms. The van der Waals surface area contributed by atoms with E-state index in [1.165, 1.54) is 19.3 Å². The molecule has 1 aromatic rings. The number of furan rings is 1. The number of carbonyl (C=O) groups is 1. The van der Waals surface area contributed by atoms with Crippen molar-refractivity contribution in [1.29, 1.82) is 0 Å². The maximum atomic E-state index is 12.3. The third-order valence-corrected chi connectivity index (χ3v) is 5.27. The Morgan fingerprint density at radius 2 is 1.95 bits per heavy atom. The van der Waals surface area contributed by atoms with Gasteiger partial charge in [-0.3, -0.25) is 9.69 Å². The van der Waals surface area contributed by atoms with Crippen molar-refractivity contribution in [2.75, 3.05) is 32.8 Å². The van der Waals surface area contributed by atoms with Crippen molar-refractivity contribution in [3.8, 4) is 0 Å². The van der Waals surface area contributed by atoms with Gasteiger partial charge in [0.15, 0.2) is 10.4 Å². The smallest absolute Gasteiger partial charge is 0.287 e. The summed E-state index contributed by atoms with van der Waals surface area (Å²) in [5.74, 6) is 0.226. The summed E-state index contributed by atoms with van der Waals surface area (Å²) in [7, 11) is 0. The number of hydrogen-bond donors (Lipinski definition) is 1. The van der Waals surface area contributed by atoms with Crippen LogP contribution in [-0.2, 0) is 4.74 Å². The summed E-state index contributed by atoms with van der Waals surface area (Å²) >= 11 is 3.23. The molecule has 0 bridgehead atoms. The highest BCUT2D eigenvalue weighted by Gasteiger charge is 2.38. The molecule has 1 aliphatic carbocycles. The highest BCUT2D eigenvalue weighted by atomic mass is 79.9. The first-order chi connectivity index (χ1) is 10.7. The normalized spacial score (nSPS) is 22.4. The van der Waals surface area contributed by atoms with Gasteiger partial charge in [0.2, 0.25) is 0 Å². The number of halogens is 1. The molecule has 22 heavy (non-hydrogen) atoms. The lowest BCUT2D eigenvalue weighted by molar-refractivity contribution is -0.0362. The second-order valence-corrected chi connectivity index (χ2v) is 6.95. The van der Waals surface area contributed by atoms with Crippen LogP contribution < -0.4 is 5.32 Å². The van der Waals surface area contributed by atoms with Gasteiger partial charge in [-0.2, -0.15) is 0 Å². The Hall–Kier alpha value is -0.850. The van der Waals surface area contributed by atoms with Crippen LogP contribution in [0.2, 0.25) is 0 Å². The average molecular weight is 371 g/mol. The first kappa shape index (κ1) is 16.0. The predicted octanol–water partition coefficient (Wildman–Crippen LogP) is 2.81. The molecular formula is C16H23BrN2O3. The van der Waals surface area contributed by atoms with Gasteiger partial charge in [0.1, 0.15) is 0 Å². The van der Waals surface area contributed by atoms with E-state index in [1.807, 2.05) is 0 Å². The van der Waals surface area contributed by atoms with E-state index < -0.39 is 0 Å². The van der Waals surface area contributed by atoms with Gasteiger partial charge in [0.25, 0.3) is 5.91 Å². The van der Waals surface area contributed by atoms with Gasteiger partial charge >= 0.3 is 0 Å². The lowest BCUT2D eigenvalue weighted by atomic mass is 9.79. The molecule has 2 heterocycles. The van der Waals surface area contributed by atoms with Gasteiger partial charge in [-0.15, -0.1) is 0 Å². The number of morpholine rings is 1. The van der Waals surface area contributed by atoms with Crippen molar-refractivity contribution in [2.24, 2.45) is 0 Å². The molecule has 1 amide bonds. The van der Waals surface area contributed by atoms with Crippen LogP contribution in [0, 0.1) is 0 Å². The monoisotopic (exact) mass is 370 g/mol. The Bertz CT molecular complexity index is 505. The summed E-state index contributed by atoms with van der Waals surface area (Å²) in [6.07, 6.45) is 6.06. The number of amides is 1. The van der Waals surface area contributed by atoms with Gasteiger partial charge in [-0.25, -0.2) is 0 Å². The van der Waals surface area contributed by atoms with E-state index in [0.717, 1.165) is 39.1 Å². The molecule has 0 aromatic carbocycles. The Morgan fingerprint density at radius 3 is 2.59 bits per heavy atom. The Balaban J connectivity index is 1.66. The zero-order valence-corrected chi connectivity index (χ0v) is 14.4. The first-order valence-corrected chi connectivity index (χ1v) is 8.85. The molecule has 6 heteroatoms. The van der Waals surface area contributed by atoms with Crippen molar-refractivity contribution in [3.05, 3.63) is 22.6 Å². The Labute approximate surface area is 139 Å². The maximum Gasteiger partial charge on any atom is 0.287 e. The molecule has 0 unspecified atom stereocenters. The van der Waals surface area contributed by atoms with Crippen LogP contribution in [0.3, 0.4) is 0 Å². The van der Waals surface area contributed by atoms with E-state index in [-0.39, 0.29) is 11.4 Å². The number of ether oxygens (including phenoxy) is 1. The van der Waals surface area contributed by atoms with E-state index >= 15 is 0 Å². The van der Waals surface area contributed by atoms with Crippen molar-refractivity contribution >= 4 is 21.8 Å². The van der Waals surface area contributed by atoms with Crippen LogP contribution in [0.4, 0.5) is 0 Å². The SMILES string of the molecule is O=C(NCC1(N2CCOCC2)CCCCC1)c1ccc(Br)o1.